The van der Waals surface area contributed by atoms with Gasteiger partial charge in [0.25, 0.3) is 0 Å². The fourth-order valence-corrected chi connectivity index (χ4v) is 4.91. The van der Waals surface area contributed by atoms with E-state index in [1.165, 1.54) is 19.3 Å². The third-order valence-electron chi connectivity index (χ3n) is 7.10. The van der Waals surface area contributed by atoms with Crippen LogP contribution in [0.4, 0.5) is 17.6 Å². The van der Waals surface area contributed by atoms with Gasteiger partial charge in [-0.25, -0.2) is 17.6 Å². The molecule has 0 spiro atoms. The van der Waals surface area contributed by atoms with Gasteiger partial charge in [0.2, 0.25) is 0 Å². The highest BCUT2D eigenvalue weighted by atomic mass is 19.2. The molecule has 1 nitrogen and oxygen atoms in total. The molecule has 0 aliphatic carbocycles. The van der Waals surface area contributed by atoms with Crippen molar-refractivity contribution in [2.24, 2.45) is 5.92 Å². The molecule has 5 heteroatoms. The standard InChI is InChI=1S/C30H32F4O/c1-3-5-6-7-19-8-17-26(35-18-19)25-16-15-24(29(33)30(25)34)22-11-9-21(10-12-22)23-14-13-20(4-2)27(31)28(23)32/h9-16,19,26H,3-8,17-18H2,1-2H3. The van der Waals surface area contributed by atoms with E-state index >= 15 is 8.78 Å². The van der Waals surface area contributed by atoms with Crippen LogP contribution in [-0.4, -0.2) is 6.61 Å². The molecule has 0 aromatic heterocycles. The average molecular weight is 485 g/mol. The van der Waals surface area contributed by atoms with Crippen LogP contribution in [0.2, 0.25) is 0 Å². The van der Waals surface area contributed by atoms with E-state index in [0.717, 1.165) is 12.8 Å². The summed E-state index contributed by atoms with van der Waals surface area (Å²) in [5.41, 5.74) is 1.75. The SMILES string of the molecule is CCCCCC1CCC(c2ccc(-c3ccc(-c4ccc(CC)c(F)c4F)cc3)c(F)c2F)OC1. The monoisotopic (exact) mass is 484 g/mol. The molecule has 4 rings (SSSR count). The maximum atomic E-state index is 15.1. The molecule has 1 aliphatic rings. The number of ether oxygens (including phenoxy) is 1. The predicted octanol–water partition coefficient (Wildman–Crippen LogP) is 9.19. The van der Waals surface area contributed by atoms with Gasteiger partial charge in [-0.1, -0.05) is 81.6 Å². The Hall–Kier alpha value is -2.66. The van der Waals surface area contributed by atoms with Gasteiger partial charge in [0.05, 0.1) is 12.7 Å². The van der Waals surface area contributed by atoms with E-state index in [-0.39, 0.29) is 16.7 Å². The van der Waals surface area contributed by atoms with Gasteiger partial charge < -0.3 is 4.74 Å². The van der Waals surface area contributed by atoms with Crippen LogP contribution >= 0.6 is 0 Å². The molecule has 1 saturated heterocycles. The second-order valence-electron chi connectivity index (χ2n) is 9.42. The first-order valence-electron chi connectivity index (χ1n) is 12.6. The van der Waals surface area contributed by atoms with Crippen LogP contribution in [0, 0.1) is 29.2 Å². The molecule has 0 saturated carbocycles. The molecule has 0 radical (unpaired) electrons. The Kier molecular flexibility index (Phi) is 8.27. The minimum absolute atomic E-state index is 0.124. The van der Waals surface area contributed by atoms with Crippen molar-refractivity contribution in [2.75, 3.05) is 6.61 Å². The van der Waals surface area contributed by atoms with Gasteiger partial charge in [-0.15, -0.1) is 0 Å². The number of benzene rings is 3. The minimum atomic E-state index is -0.923. The minimum Gasteiger partial charge on any atom is -0.373 e. The van der Waals surface area contributed by atoms with E-state index in [2.05, 4.69) is 6.92 Å². The molecule has 1 aliphatic heterocycles. The summed E-state index contributed by atoms with van der Waals surface area (Å²) < 4.78 is 64.7. The summed E-state index contributed by atoms with van der Waals surface area (Å²) in [7, 11) is 0. The summed E-state index contributed by atoms with van der Waals surface area (Å²) >= 11 is 0. The number of aryl methyl sites for hydroxylation is 1. The van der Waals surface area contributed by atoms with E-state index in [1.807, 2.05) is 0 Å². The normalized spacial score (nSPS) is 18.1. The molecule has 186 valence electrons. The van der Waals surface area contributed by atoms with Crippen molar-refractivity contribution in [1.29, 1.82) is 0 Å². The van der Waals surface area contributed by atoms with E-state index < -0.39 is 29.4 Å². The molecular formula is C30H32F4O. The summed E-state index contributed by atoms with van der Waals surface area (Å²) in [5, 5.41) is 0. The lowest BCUT2D eigenvalue weighted by molar-refractivity contribution is -0.0218. The number of hydrogen-bond acceptors (Lipinski definition) is 1. The van der Waals surface area contributed by atoms with Crippen molar-refractivity contribution in [1.82, 2.24) is 0 Å². The maximum Gasteiger partial charge on any atom is 0.167 e. The zero-order chi connectivity index (χ0) is 24.9. The average Bonchev–Trinajstić information content (AvgIpc) is 2.88. The zero-order valence-electron chi connectivity index (χ0n) is 20.4. The highest BCUT2D eigenvalue weighted by molar-refractivity contribution is 5.71. The van der Waals surface area contributed by atoms with Crippen LogP contribution in [-0.2, 0) is 11.2 Å². The first kappa shape index (κ1) is 25.4. The maximum absolute atomic E-state index is 15.1. The number of halogens is 4. The lowest BCUT2D eigenvalue weighted by Crippen LogP contribution is -2.21. The van der Waals surface area contributed by atoms with Crippen molar-refractivity contribution >= 4 is 0 Å². The van der Waals surface area contributed by atoms with Gasteiger partial charge in [0.15, 0.2) is 23.3 Å². The highest BCUT2D eigenvalue weighted by Gasteiger charge is 2.27. The second kappa shape index (κ2) is 11.4. The van der Waals surface area contributed by atoms with Gasteiger partial charge in [0.1, 0.15) is 0 Å². The Balaban J connectivity index is 1.50. The molecule has 3 aromatic rings. The third kappa shape index (κ3) is 5.45. The molecule has 2 unspecified atom stereocenters. The molecule has 3 aromatic carbocycles. The molecule has 1 heterocycles. The van der Waals surface area contributed by atoms with E-state index in [9.17, 15) is 8.78 Å². The zero-order valence-corrected chi connectivity index (χ0v) is 20.4. The Morgan fingerprint density at radius 1 is 0.714 bits per heavy atom. The van der Waals surface area contributed by atoms with Crippen molar-refractivity contribution in [2.45, 2.75) is 64.9 Å². The first-order valence-corrected chi connectivity index (χ1v) is 12.6. The Labute approximate surface area is 205 Å². The van der Waals surface area contributed by atoms with Crippen molar-refractivity contribution in [3.63, 3.8) is 0 Å². The Bertz CT molecular complexity index is 1150. The van der Waals surface area contributed by atoms with E-state index in [1.54, 1.807) is 55.5 Å². The van der Waals surface area contributed by atoms with Gasteiger partial charge in [-0.05, 0) is 48.3 Å². The van der Waals surface area contributed by atoms with Gasteiger partial charge >= 0.3 is 0 Å². The number of rotatable bonds is 8. The largest absolute Gasteiger partial charge is 0.373 e. The lowest BCUT2D eigenvalue weighted by Gasteiger charge is -2.29. The highest BCUT2D eigenvalue weighted by Crippen LogP contribution is 2.37. The van der Waals surface area contributed by atoms with Crippen LogP contribution in [0.1, 0.15) is 69.6 Å². The van der Waals surface area contributed by atoms with Crippen molar-refractivity contribution in [3.05, 3.63) is 82.9 Å². The number of unbranched alkanes of at least 4 members (excludes halogenated alkanes) is 2. The first-order chi connectivity index (χ1) is 16.9. The van der Waals surface area contributed by atoms with E-state index in [0.29, 0.717) is 42.1 Å². The summed E-state index contributed by atoms with van der Waals surface area (Å²) in [6.07, 6.45) is 6.27. The Morgan fingerprint density at radius 2 is 1.34 bits per heavy atom. The number of hydrogen-bond donors (Lipinski definition) is 0. The third-order valence-corrected chi connectivity index (χ3v) is 7.10. The molecule has 35 heavy (non-hydrogen) atoms. The topological polar surface area (TPSA) is 9.23 Å². The molecule has 0 N–H and O–H groups in total. The van der Waals surface area contributed by atoms with Crippen LogP contribution in [0.25, 0.3) is 22.3 Å². The van der Waals surface area contributed by atoms with Crippen molar-refractivity contribution in [3.8, 4) is 22.3 Å². The van der Waals surface area contributed by atoms with Gasteiger partial charge in [-0.2, -0.15) is 0 Å². The van der Waals surface area contributed by atoms with Crippen LogP contribution in [0.3, 0.4) is 0 Å². The van der Waals surface area contributed by atoms with Gasteiger partial charge in [0, 0.05) is 16.7 Å². The molecule has 0 amide bonds. The summed E-state index contributed by atoms with van der Waals surface area (Å²) in [6, 6.07) is 12.6. The summed E-state index contributed by atoms with van der Waals surface area (Å²) in [6.45, 7) is 4.51. The van der Waals surface area contributed by atoms with E-state index in [4.69, 9.17) is 4.74 Å². The quantitative estimate of drug-likeness (QED) is 0.229. The summed E-state index contributed by atoms with van der Waals surface area (Å²) in [5.74, 6) is -3.08. The second-order valence-corrected chi connectivity index (χ2v) is 9.42. The van der Waals surface area contributed by atoms with Crippen LogP contribution in [0.5, 0.6) is 0 Å². The Morgan fingerprint density at radius 3 is 1.91 bits per heavy atom. The molecule has 2 atom stereocenters. The van der Waals surface area contributed by atoms with Crippen LogP contribution < -0.4 is 0 Å². The molecular weight excluding hydrogens is 452 g/mol. The fraction of sp³-hybridized carbons (Fsp3) is 0.400. The molecule has 1 fully saturated rings. The molecule has 0 bridgehead atoms. The van der Waals surface area contributed by atoms with Gasteiger partial charge in [-0.3, -0.25) is 0 Å². The smallest absolute Gasteiger partial charge is 0.167 e. The summed E-state index contributed by atoms with van der Waals surface area (Å²) in [4.78, 5) is 0. The van der Waals surface area contributed by atoms with Crippen LogP contribution in [0.15, 0.2) is 48.5 Å². The fourth-order valence-electron chi connectivity index (χ4n) is 4.91. The van der Waals surface area contributed by atoms with Crippen molar-refractivity contribution < 1.29 is 22.3 Å². The predicted molar refractivity (Wildman–Crippen MR) is 132 cm³/mol. The lowest BCUT2D eigenvalue weighted by atomic mass is 9.90.